The molecule has 1 atom stereocenters. The van der Waals surface area contributed by atoms with E-state index in [2.05, 4.69) is 73.0 Å². The number of carbonyl (C=O) groups is 4. The number of amides is 4. The highest BCUT2D eigenvalue weighted by atomic mass is 16.5. The Kier molecular flexibility index (Phi) is 11.6. The molecular formula is C48H60N8O6. The third-order valence-electron chi connectivity index (χ3n) is 14.3. The lowest BCUT2D eigenvalue weighted by Crippen LogP contribution is -2.74. The summed E-state index contributed by atoms with van der Waals surface area (Å²) in [4.78, 5) is 66.8. The predicted molar refractivity (Wildman–Crippen MR) is 233 cm³/mol. The van der Waals surface area contributed by atoms with Crippen molar-refractivity contribution in [1.29, 1.82) is 5.26 Å². The van der Waals surface area contributed by atoms with Gasteiger partial charge < -0.3 is 24.6 Å². The number of rotatable bonds is 12. The summed E-state index contributed by atoms with van der Waals surface area (Å²) in [5.74, 6) is 1.59. The monoisotopic (exact) mass is 844 g/mol. The minimum atomic E-state index is -0.654. The van der Waals surface area contributed by atoms with Crippen LogP contribution in [0.25, 0.3) is 0 Å². The fraction of sp³-hybridized carbons (Fsp3) is 0.562. The number of aromatic nitrogens is 2. The Bertz CT molecular complexity index is 2250. The Hall–Kier alpha value is -5.55. The van der Waals surface area contributed by atoms with E-state index in [0.29, 0.717) is 47.8 Å². The van der Waals surface area contributed by atoms with Gasteiger partial charge in [0.1, 0.15) is 41.3 Å². The Labute approximate surface area is 364 Å². The molecule has 2 saturated heterocycles. The maximum absolute atomic E-state index is 13.5. The maximum Gasteiger partial charge on any atom is 0.271 e. The van der Waals surface area contributed by atoms with E-state index in [1.807, 2.05) is 38.1 Å². The van der Waals surface area contributed by atoms with Gasteiger partial charge in [0.25, 0.3) is 11.8 Å². The molecule has 8 rings (SSSR count). The number of hydrogen-bond acceptors (Lipinski definition) is 11. The molecule has 2 aromatic carbocycles. The summed E-state index contributed by atoms with van der Waals surface area (Å²) in [6.07, 6.45) is 7.61. The number of piperidine rings is 2. The quantitative estimate of drug-likeness (QED) is 0.209. The number of fused-ring (bicyclic) bond motifs is 1. The van der Waals surface area contributed by atoms with E-state index in [-0.39, 0.29) is 58.9 Å². The van der Waals surface area contributed by atoms with Crippen LogP contribution in [0, 0.1) is 41.9 Å². The van der Waals surface area contributed by atoms with E-state index in [9.17, 15) is 24.4 Å². The van der Waals surface area contributed by atoms with Crippen molar-refractivity contribution < 1.29 is 28.7 Å². The van der Waals surface area contributed by atoms with Crippen molar-refractivity contribution in [2.75, 3.05) is 24.5 Å². The summed E-state index contributed by atoms with van der Waals surface area (Å²) in [7, 11) is 0. The van der Waals surface area contributed by atoms with Crippen molar-refractivity contribution in [3.8, 4) is 17.6 Å². The minimum Gasteiger partial charge on any atom is -0.490 e. The van der Waals surface area contributed by atoms with Gasteiger partial charge in [-0.1, -0.05) is 33.8 Å². The van der Waals surface area contributed by atoms with Gasteiger partial charge in [0.05, 0.1) is 30.6 Å². The number of benzene rings is 2. The van der Waals surface area contributed by atoms with E-state index in [0.717, 1.165) is 73.6 Å². The van der Waals surface area contributed by atoms with Crippen LogP contribution in [-0.4, -0.2) is 99.4 Å². The number of imide groups is 1. The van der Waals surface area contributed by atoms with Gasteiger partial charge in [-0.3, -0.25) is 29.4 Å². The normalized spacial score (nSPS) is 25.4. The van der Waals surface area contributed by atoms with Gasteiger partial charge in [0.15, 0.2) is 0 Å². The Morgan fingerprint density at radius 2 is 1.69 bits per heavy atom. The molecule has 0 unspecified atom stereocenters. The minimum absolute atomic E-state index is 0.0458. The van der Waals surface area contributed by atoms with Crippen LogP contribution in [0.4, 0.5) is 5.82 Å². The molecule has 3 aromatic rings. The molecule has 0 radical (unpaired) electrons. The molecule has 4 fully saturated rings. The first-order chi connectivity index (χ1) is 29.5. The third kappa shape index (κ3) is 8.00. The summed E-state index contributed by atoms with van der Waals surface area (Å²) < 4.78 is 13.1. The zero-order valence-electron chi connectivity index (χ0n) is 37.3. The highest BCUT2D eigenvalue weighted by Gasteiger charge is 2.64. The zero-order chi connectivity index (χ0) is 44.2. The first-order valence-corrected chi connectivity index (χ1v) is 22.2. The molecule has 14 heteroatoms. The molecule has 62 heavy (non-hydrogen) atoms. The van der Waals surface area contributed by atoms with Gasteiger partial charge in [-0.25, -0.2) is 9.97 Å². The molecule has 2 saturated carbocycles. The standard InChI is InChI=1S/C48H60N8O6/c1-27(2)55(31-20-33(21-31)61-39-11-9-10-34-36(39)26-56(44(34)60)38-12-13-41(57)52-43(38)59)25-30-14-16-54(17-15-30)40-24-50-37(23-51-40)42(58)53-45-47(5,6)46(48(45,7)8)62-32-18-28(3)35(22-49)29(4)19-32/h9-11,18-19,23-24,27,30-31,33,38,45-46H,12-17,20-21,25-26H2,1-8H3,(H,53,58)(H,52,57,59)/t31?,33?,38-,45?,46?/m1/s1. The molecule has 2 aliphatic carbocycles. The molecule has 4 heterocycles. The van der Waals surface area contributed by atoms with E-state index in [1.165, 1.54) is 0 Å². The van der Waals surface area contributed by atoms with Crippen LogP contribution in [0.5, 0.6) is 11.5 Å². The third-order valence-corrected chi connectivity index (χ3v) is 14.3. The zero-order valence-corrected chi connectivity index (χ0v) is 37.3. The number of hydrogen-bond donors (Lipinski definition) is 2. The van der Waals surface area contributed by atoms with Crippen LogP contribution in [0.1, 0.15) is 123 Å². The van der Waals surface area contributed by atoms with Gasteiger partial charge in [-0.05, 0) is 88.3 Å². The smallest absolute Gasteiger partial charge is 0.271 e. The lowest BCUT2D eigenvalue weighted by molar-refractivity contribution is -0.164. The number of nitrogens with one attached hydrogen (secondary N) is 2. The number of carbonyl (C=O) groups excluding carboxylic acids is 4. The van der Waals surface area contributed by atoms with Crippen LogP contribution >= 0.6 is 0 Å². The second-order valence-electron chi connectivity index (χ2n) is 19.6. The highest BCUT2D eigenvalue weighted by molar-refractivity contribution is 6.05. The van der Waals surface area contributed by atoms with Crippen molar-refractivity contribution in [3.05, 3.63) is 76.2 Å². The van der Waals surface area contributed by atoms with E-state index in [4.69, 9.17) is 14.5 Å². The topological polar surface area (TPSA) is 170 Å². The SMILES string of the molecule is Cc1cc(OC2C(C)(C)C(NC(=O)c3cnc(N4CCC(CN(C(C)C)C5CC(Oc6cccc7c6CN([C@@H]6CCC(=O)NC6=O)C7=O)C5)CC4)cn3)C2(C)C)cc(C)c1C#N. The second-order valence-corrected chi connectivity index (χ2v) is 19.6. The lowest BCUT2D eigenvalue weighted by Gasteiger charge is -2.63. The number of aryl methyl sites for hydroxylation is 2. The summed E-state index contributed by atoms with van der Waals surface area (Å²) in [6, 6.07) is 11.6. The van der Waals surface area contributed by atoms with Gasteiger partial charge in [0, 0.05) is 79.0 Å². The van der Waals surface area contributed by atoms with Crippen molar-refractivity contribution in [3.63, 3.8) is 0 Å². The molecule has 3 aliphatic heterocycles. The van der Waals surface area contributed by atoms with Crippen molar-refractivity contribution in [2.45, 2.75) is 137 Å². The van der Waals surface area contributed by atoms with Gasteiger partial charge in [0.2, 0.25) is 11.8 Å². The largest absolute Gasteiger partial charge is 0.490 e. The Morgan fingerprint density at radius 3 is 2.31 bits per heavy atom. The molecule has 5 aliphatic rings. The molecule has 0 bridgehead atoms. The number of ether oxygens (including phenoxy) is 2. The molecule has 0 spiro atoms. The summed E-state index contributed by atoms with van der Waals surface area (Å²) in [6.45, 7) is 19.8. The fourth-order valence-corrected chi connectivity index (χ4v) is 11.1. The van der Waals surface area contributed by atoms with Crippen molar-refractivity contribution >= 4 is 29.4 Å². The maximum atomic E-state index is 13.5. The fourth-order valence-electron chi connectivity index (χ4n) is 11.1. The average molecular weight is 845 g/mol. The van der Waals surface area contributed by atoms with E-state index < -0.39 is 11.9 Å². The summed E-state index contributed by atoms with van der Waals surface area (Å²) in [5, 5.41) is 15.1. The van der Waals surface area contributed by atoms with Gasteiger partial charge in [-0.2, -0.15) is 5.26 Å². The molecule has 1 aromatic heterocycles. The van der Waals surface area contributed by atoms with Gasteiger partial charge >= 0.3 is 0 Å². The summed E-state index contributed by atoms with van der Waals surface area (Å²) in [5.41, 5.74) is 3.39. The predicted octanol–water partition coefficient (Wildman–Crippen LogP) is 5.87. The first-order valence-electron chi connectivity index (χ1n) is 22.2. The Morgan fingerprint density at radius 1 is 1.00 bits per heavy atom. The van der Waals surface area contributed by atoms with Crippen LogP contribution in [0.15, 0.2) is 42.7 Å². The number of anilines is 1. The molecule has 2 N–H and O–H groups in total. The molecule has 328 valence electrons. The molecular weight excluding hydrogens is 785 g/mol. The molecule has 4 amide bonds. The summed E-state index contributed by atoms with van der Waals surface area (Å²) >= 11 is 0. The van der Waals surface area contributed by atoms with Gasteiger partial charge in [-0.15, -0.1) is 0 Å². The van der Waals surface area contributed by atoms with Crippen LogP contribution < -0.4 is 25.0 Å². The van der Waals surface area contributed by atoms with Crippen LogP contribution in [0.2, 0.25) is 0 Å². The Balaban J connectivity index is 0.802. The first kappa shape index (κ1) is 43.1. The lowest BCUT2D eigenvalue weighted by atomic mass is 9.49. The average Bonchev–Trinajstić information content (AvgIpc) is 3.55. The highest BCUT2D eigenvalue weighted by Crippen LogP contribution is 2.55. The van der Waals surface area contributed by atoms with Crippen molar-refractivity contribution in [1.82, 2.24) is 30.4 Å². The second kappa shape index (κ2) is 16.6. The van der Waals surface area contributed by atoms with Crippen LogP contribution in [0.3, 0.4) is 0 Å². The molecule has 14 nitrogen and oxygen atoms in total. The number of nitrogens with zero attached hydrogens (tertiary/aromatic N) is 6. The number of nitriles is 1. The van der Waals surface area contributed by atoms with E-state index in [1.54, 1.807) is 23.4 Å². The van der Waals surface area contributed by atoms with Crippen molar-refractivity contribution in [2.24, 2.45) is 16.7 Å². The van der Waals surface area contributed by atoms with Crippen LogP contribution in [-0.2, 0) is 16.1 Å². The van der Waals surface area contributed by atoms with E-state index >= 15 is 0 Å².